The molecule has 5 rings (SSSR count). The normalized spacial score (nSPS) is 18.7. The molecule has 2 aliphatic heterocycles. The van der Waals surface area contributed by atoms with Crippen molar-refractivity contribution in [2.24, 2.45) is 5.92 Å². The second-order valence-corrected chi connectivity index (χ2v) is 13.0. The number of piperidine rings is 1. The Hall–Kier alpha value is -3.13. The van der Waals surface area contributed by atoms with Crippen molar-refractivity contribution in [2.45, 2.75) is 58.1 Å². The maximum atomic E-state index is 14.4. The molecular formula is C31H37FN4O2S. The van der Waals surface area contributed by atoms with Gasteiger partial charge in [0, 0.05) is 24.1 Å². The minimum atomic E-state index is -0.363. The van der Waals surface area contributed by atoms with Crippen LogP contribution in [-0.4, -0.2) is 51.9 Å². The third kappa shape index (κ3) is 5.62. The van der Waals surface area contributed by atoms with Crippen LogP contribution in [0.15, 0.2) is 48.5 Å². The van der Waals surface area contributed by atoms with Gasteiger partial charge in [-0.15, -0.1) is 11.8 Å². The van der Waals surface area contributed by atoms with Crippen LogP contribution in [0.1, 0.15) is 68.2 Å². The molecule has 0 spiro atoms. The van der Waals surface area contributed by atoms with Gasteiger partial charge in [0.25, 0.3) is 0 Å². The molecule has 0 aliphatic carbocycles. The number of carbonyl (C=O) groups excluding carboxylic acids is 2. The van der Waals surface area contributed by atoms with Crippen molar-refractivity contribution >= 4 is 29.4 Å². The fourth-order valence-corrected chi connectivity index (χ4v) is 6.55. The van der Waals surface area contributed by atoms with Crippen LogP contribution in [0.25, 0.3) is 5.69 Å². The molecule has 0 radical (unpaired) electrons. The summed E-state index contributed by atoms with van der Waals surface area (Å²) < 4.78 is 16.3. The van der Waals surface area contributed by atoms with Crippen molar-refractivity contribution in [2.75, 3.05) is 30.3 Å². The van der Waals surface area contributed by atoms with Crippen LogP contribution >= 0.6 is 11.8 Å². The summed E-state index contributed by atoms with van der Waals surface area (Å²) in [6.07, 6.45) is 1.94. The molecule has 0 unspecified atom stereocenters. The van der Waals surface area contributed by atoms with Gasteiger partial charge in [0.2, 0.25) is 11.8 Å². The summed E-state index contributed by atoms with van der Waals surface area (Å²) >= 11 is 1.47. The van der Waals surface area contributed by atoms with Crippen molar-refractivity contribution in [3.63, 3.8) is 0 Å². The Morgan fingerprint density at radius 1 is 1.10 bits per heavy atom. The Balaban J connectivity index is 1.70. The monoisotopic (exact) mass is 548 g/mol. The highest BCUT2D eigenvalue weighted by atomic mass is 32.2. The number of likely N-dealkylation sites (tertiary alicyclic amines) is 1. The maximum absolute atomic E-state index is 14.4. The van der Waals surface area contributed by atoms with E-state index in [1.54, 1.807) is 11.0 Å². The van der Waals surface area contributed by atoms with E-state index in [1.165, 1.54) is 23.9 Å². The van der Waals surface area contributed by atoms with Gasteiger partial charge in [-0.3, -0.25) is 14.5 Å². The summed E-state index contributed by atoms with van der Waals surface area (Å²) in [5, 5.41) is 4.79. The van der Waals surface area contributed by atoms with E-state index in [1.807, 2.05) is 46.8 Å². The van der Waals surface area contributed by atoms with Gasteiger partial charge in [0.1, 0.15) is 18.2 Å². The number of hydrogen-bond acceptors (Lipinski definition) is 4. The number of thioether (sulfide) groups is 1. The molecule has 1 fully saturated rings. The Morgan fingerprint density at radius 2 is 1.79 bits per heavy atom. The van der Waals surface area contributed by atoms with E-state index in [0.29, 0.717) is 24.8 Å². The maximum Gasteiger partial charge on any atom is 0.242 e. The highest BCUT2D eigenvalue weighted by Gasteiger charge is 2.40. The fourth-order valence-electron chi connectivity index (χ4n) is 5.37. The molecule has 39 heavy (non-hydrogen) atoms. The van der Waals surface area contributed by atoms with E-state index in [2.05, 4.69) is 27.7 Å². The number of rotatable bonds is 4. The largest absolute Gasteiger partial charge is 0.341 e. The van der Waals surface area contributed by atoms with Crippen molar-refractivity contribution < 1.29 is 14.0 Å². The summed E-state index contributed by atoms with van der Waals surface area (Å²) in [6.45, 7) is 11.9. The lowest BCUT2D eigenvalue weighted by atomic mass is 9.87. The first-order valence-electron chi connectivity index (χ1n) is 13.7. The predicted octanol–water partition coefficient (Wildman–Crippen LogP) is 6.05. The van der Waals surface area contributed by atoms with Crippen LogP contribution in [-0.2, 0) is 15.0 Å². The second-order valence-electron chi connectivity index (χ2n) is 11.9. The first-order valence-corrected chi connectivity index (χ1v) is 14.7. The highest BCUT2D eigenvalue weighted by Crippen LogP contribution is 2.48. The number of nitrogens with zero attached hydrogens (tertiary/aromatic N) is 4. The molecule has 0 saturated carbocycles. The van der Waals surface area contributed by atoms with Gasteiger partial charge in [-0.1, -0.05) is 57.5 Å². The lowest BCUT2D eigenvalue weighted by Crippen LogP contribution is -2.46. The van der Waals surface area contributed by atoms with Crippen LogP contribution in [0.2, 0.25) is 0 Å². The smallest absolute Gasteiger partial charge is 0.242 e. The SMILES string of the molecule is Cc1ccc(-n2nc(C(C)(C)C)c3c2N(CC(=O)N2CCC(C)CC2)C(=O)CS[C@H]3c2cccc(F)c2)cc1. The number of hydrogen-bond donors (Lipinski definition) is 0. The number of amides is 2. The molecule has 0 bridgehead atoms. The minimum absolute atomic E-state index is 0.0439. The Bertz CT molecular complexity index is 1370. The summed E-state index contributed by atoms with van der Waals surface area (Å²) in [6, 6.07) is 14.6. The molecule has 2 amide bonds. The van der Waals surface area contributed by atoms with Gasteiger partial charge in [0.15, 0.2) is 0 Å². The lowest BCUT2D eigenvalue weighted by Gasteiger charge is -2.32. The van der Waals surface area contributed by atoms with Crippen LogP contribution < -0.4 is 4.90 Å². The summed E-state index contributed by atoms with van der Waals surface area (Å²) in [5.74, 6) is 0.863. The summed E-state index contributed by atoms with van der Waals surface area (Å²) in [7, 11) is 0. The van der Waals surface area contributed by atoms with Crippen LogP contribution in [0, 0.1) is 18.7 Å². The molecule has 206 valence electrons. The molecule has 6 nitrogen and oxygen atoms in total. The van der Waals surface area contributed by atoms with Gasteiger partial charge in [-0.05, 0) is 55.5 Å². The van der Waals surface area contributed by atoms with E-state index in [-0.39, 0.29) is 40.6 Å². The highest BCUT2D eigenvalue weighted by molar-refractivity contribution is 8.00. The minimum Gasteiger partial charge on any atom is -0.341 e. The first-order chi connectivity index (χ1) is 18.5. The summed E-state index contributed by atoms with van der Waals surface area (Å²) in [5.41, 5.74) is 4.04. The van der Waals surface area contributed by atoms with E-state index < -0.39 is 0 Å². The predicted molar refractivity (Wildman–Crippen MR) is 155 cm³/mol. The van der Waals surface area contributed by atoms with Gasteiger partial charge in [-0.2, -0.15) is 5.10 Å². The standard InChI is InChI=1S/C31H37FN4O2S/c1-20-9-11-24(12-10-20)36-30-27(29(33-36)31(3,4)5)28(22-7-6-8-23(32)17-22)39-19-26(38)35(30)18-25(37)34-15-13-21(2)14-16-34/h6-12,17,21,28H,13-16,18-19H2,1-5H3/t28-/m0/s1. The topological polar surface area (TPSA) is 58.4 Å². The van der Waals surface area contributed by atoms with Gasteiger partial charge >= 0.3 is 0 Å². The quantitative estimate of drug-likeness (QED) is 0.399. The molecule has 3 aromatic rings. The number of anilines is 1. The van der Waals surface area contributed by atoms with Crippen LogP contribution in [0.4, 0.5) is 10.2 Å². The van der Waals surface area contributed by atoms with Crippen LogP contribution in [0.3, 0.4) is 0 Å². The number of halogens is 1. The first kappa shape index (κ1) is 27.4. The molecule has 2 aliphatic rings. The fraction of sp³-hybridized carbons (Fsp3) is 0.452. The number of aryl methyl sites for hydroxylation is 1. The van der Waals surface area contributed by atoms with Crippen molar-refractivity contribution in [1.82, 2.24) is 14.7 Å². The molecule has 3 heterocycles. The van der Waals surface area contributed by atoms with Gasteiger partial charge < -0.3 is 4.90 Å². The lowest BCUT2D eigenvalue weighted by molar-refractivity contribution is -0.132. The van der Waals surface area contributed by atoms with Crippen molar-refractivity contribution in [1.29, 1.82) is 0 Å². The third-order valence-corrected chi connectivity index (χ3v) is 8.91. The number of carbonyl (C=O) groups is 2. The second kappa shape index (κ2) is 10.8. The van der Waals surface area contributed by atoms with Crippen molar-refractivity contribution in [3.05, 3.63) is 76.7 Å². The molecule has 8 heteroatoms. The zero-order valence-corrected chi connectivity index (χ0v) is 24.2. The number of fused-ring (bicyclic) bond motifs is 1. The Labute approximate surface area is 234 Å². The zero-order chi connectivity index (χ0) is 27.9. The molecule has 1 aromatic heterocycles. The molecule has 2 aromatic carbocycles. The summed E-state index contributed by atoms with van der Waals surface area (Å²) in [4.78, 5) is 30.9. The van der Waals surface area contributed by atoms with Gasteiger partial charge in [-0.25, -0.2) is 9.07 Å². The molecule has 0 N–H and O–H groups in total. The van der Waals surface area contributed by atoms with Gasteiger partial charge in [0.05, 0.1) is 22.4 Å². The average molecular weight is 549 g/mol. The van der Waals surface area contributed by atoms with E-state index in [9.17, 15) is 14.0 Å². The molecular weight excluding hydrogens is 511 g/mol. The van der Waals surface area contributed by atoms with E-state index in [0.717, 1.165) is 40.9 Å². The van der Waals surface area contributed by atoms with Crippen LogP contribution in [0.5, 0.6) is 0 Å². The van der Waals surface area contributed by atoms with E-state index >= 15 is 0 Å². The Morgan fingerprint density at radius 3 is 2.44 bits per heavy atom. The van der Waals surface area contributed by atoms with Crippen molar-refractivity contribution in [3.8, 4) is 5.69 Å². The number of aromatic nitrogens is 2. The Kier molecular flexibility index (Phi) is 7.60. The zero-order valence-electron chi connectivity index (χ0n) is 23.4. The van der Waals surface area contributed by atoms with E-state index in [4.69, 9.17) is 5.10 Å². The molecule has 1 saturated heterocycles. The number of benzene rings is 2. The average Bonchev–Trinajstić information content (AvgIpc) is 3.22. The molecule has 1 atom stereocenters. The third-order valence-electron chi connectivity index (χ3n) is 7.66.